The van der Waals surface area contributed by atoms with Crippen LogP contribution in [0, 0.1) is 0 Å². The van der Waals surface area contributed by atoms with Crippen molar-refractivity contribution in [1.82, 2.24) is 23.9 Å². The molecule has 0 atom stereocenters. The number of rotatable bonds is 5. The van der Waals surface area contributed by atoms with Gasteiger partial charge in [0.05, 0.1) is 29.0 Å². The Hall–Kier alpha value is -3.75. The third-order valence-electron chi connectivity index (χ3n) is 4.96. The van der Waals surface area contributed by atoms with Gasteiger partial charge in [-0.05, 0) is 39.0 Å². The molecular weight excluding hydrogens is 384 g/mol. The minimum atomic E-state index is -0.511. The van der Waals surface area contributed by atoms with Gasteiger partial charge in [0.1, 0.15) is 6.54 Å². The Bertz CT molecular complexity index is 1380. The highest BCUT2D eigenvalue weighted by molar-refractivity contribution is 5.93. The van der Waals surface area contributed by atoms with E-state index in [0.29, 0.717) is 16.6 Å². The predicted octanol–water partition coefficient (Wildman–Crippen LogP) is 2.15. The van der Waals surface area contributed by atoms with E-state index in [4.69, 9.17) is 0 Å². The number of aromatic nitrogens is 5. The molecule has 154 valence electrons. The minimum Gasteiger partial charge on any atom is -0.323 e. The zero-order valence-corrected chi connectivity index (χ0v) is 17.0. The lowest BCUT2D eigenvalue weighted by Crippen LogP contribution is -2.41. The summed E-state index contributed by atoms with van der Waals surface area (Å²) in [5.41, 5.74) is 0.811. The predicted molar refractivity (Wildman–Crippen MR) is 115 cm³/mol. The van der Waals surface area contributed by atoms with E-state index in [1.54, 1.807) is 54.3 Å². The van der Waals surface area contributed by atoms with Gasteiger partial charge in [0, 0.05) is 18.0 Å². The Kier molecular flexibility index (Phi) is 4.94. The molecule has 4 aromatic rings. The maximum atomic E-state index is 12.8. The van der Waals surface area contributed by atoms with Crippen molar-refractivity contribution in [1.29, 1.82) is 0 Å². The van der Waals surface area contributed by atoms with Crippen LogP contribution in [0.15, 0.2) is 52.3 Å². The smallest absolute Gasteiger partial charge is 0.323 e. The number of pyridine rings is 1. The van der Waals surface area contributed by atoms with Crippen LogP contribution in [0.25, 0.3) is 21.9 Å². The Morgan fingerprint density at radius 3 is 2.63 bits per heavy atom. The molecule has 0 radical (unpaired) electrons. The Morgan fingerprint density at radius 1 is 1.13 bits per heavy atom. The number of amides is 1. The maximum absolute atomic E-state index is 12.8. The molecule has 1 N–H and O–H groups in total. The van der Waals surface area contributed by atoms with Gasteiger partial charge in [-0.25, -0.2) is 14.5 Å². The fourth-order valence-corrected chi connectivity index (χ4v) is 3.53. The van der Waals surface area contributed by atoms with E-state index >= 15 is 0 Å². The van der Waals surface area contributed by atoms with Crippen molar-refractivity contribution in [2.45, 2.75) is 39.9 Å². The summed E-state index contributed by atoms with van der Waals surface area (Å²) in [6.07, 6.45) is 3.27. The minimum absolute atomic E-state index is 0.171. The molecule has 0 spiro atoms. The van der Waals surface area contributed by atoms with Crippen LogP contribution in [0.4, 0.5) is 5.69 Å². The van der Waals surface area contributed by atoms with Crippen molar-refractivity contribution in [3.05, 3.63) is 63.6 Å². The van der Waals surface area contributed by atoms with Crippen LogP contribution in [0.5, 0.6) is 0 Å². The monoisotopic (exact) mass is 406 g/mol. The Morgan fingerprint density at radius 2 is 1.90 bits per heavy atom. The first-order valence-corrected chi connectivity index (χ1v) is 9.76. The van der Waals surface area contributed by atoms with E-state index in [-0.39, 0.29) is 30.6 Å². The highest BCUT2D eigenvalue weighted by Crippen LogP contribution is 2.19. The molecule has 0 saturated carbocycles. The molecule has 0 bridgehead atoms. The summed E-state index contributed by atoms with van der Waals surface area (Å²) in [5, 5.41) is 8.31. The van der Waals surface area contributed by atoms with E-state index in [1.165, 1.54) is 4.57 Å². The second-order valence-electron chi connectivity index (χ2n) is 7.30. The number of para-hydroxylation sites is 1. The highest BCUT2D eigenvalue weighted by atomic mass is 16.2. The molecule has 0 aliphatic carbocycles. The molecule has 3 heterocycles. The van der Waals surface area contributed by atoms with Crippen LogP contribution >= 0.6 is 0 Å². The van der Waals surface area contributed by atoms with Crippen LogP contribution in [0.1, 0.15) is 26.8 Å². The zero-order valence-electron chi connectivity index (χ0n) is 17.0. The lowest BCUT2D eigenvalue weighted by molar-refractivity contribution is -0.116. The molecule has 30 heavy (non-hydrogen) atoms. The van der Waals surface area contributed by atoms with Crippen molar-refractivity contribution < 1.29 is 4.79 Å². The number of nitrogens with zero attached hydrogens (tertiary/aromatic N) is 5. The van der Waals surface area contributed by atoms with E-state index in [0.717, 1.165) is 15.6 Å². The average Bonchev–Trinajstić information content (AvgIpc) is 3.15. The number of carbonyl (C=O) groups is 1. The SMILES string of the molecule is CCn1c(=O)c2ccccc2n(CC(=O)Nc2cnc3c(cnn3C(C)C)c2)c1=O. The standard InChI is InChI=1S/C21H22N6O3/c1-4-25-20(29)16-7-5-6-8-17(16)26(21(25)30)12-18(28)24-15-9-14-10-23-27(13(2)3)19(14)22-11-15/h5-11,13H,4,12H2,1-3H3,(H,24,28). The molecular formula is C21H22N6O3. The first-order chi connectivity index (χ1) is 14.4. The molecule has 9 heteroatoms. The van der Waals surface area contributed by atoms with Crippen LogP contribution < -0.4 is 16.6 Å². The summed E-state index contributed by atoms with van der Waals surface area (Å²) in [5.74, 6) is -0.388. The van der Waals surface area contributed by atoms with E-state index in [1.807, 2.05) is 13.8 Å². The molecule has 0 unspecified atom stereocenters. The highest BCUT2D eigenvalue weighted by Gasteiger charge is 2.15. The van der Waals surface area contributed by atoms with Crippen LogP contribution in [0.2, 0.25) is 0 Å². The number of carbonyl (C=O) groups excluding carboxylic acids is 1. The molecule has 0 fully saturated rings. The number of hydrogen-bond donors (Lipinski definition) is 1. The quantitative estimate of drug-likeness (QED) is 0.547. The number of benzene rings is 1. The number of anilines is 1. The third-order valence-corrected chi connectivity index (χ3v) is 4.96. The van der Waals surface area contributed by atoms with Crippen molar-refractivity contribution in [3.8, 4) is 0 Å². The molecule has 3 aromatic heterocycles. The van der Waals surface area contributed by atoms with E-state index in [2.05, 4.69) is 15.4 Å². The van der Waals surface area contributed by atoms with Gasteiger partial charge in [-0.1, -0.05) is 12.1 Å². The summed E-state index contributed by atoms with van der Waals surface area (Å²) in [6.45, 7) is 5.76. The van der Waals surface area contributed by atoms with Crippen LogP contribution in [-0.2, 0) is 17.9 Å². The van der Waals surface area contributed by atoms with E-state index < -0.39 is 5.69 Å². The Labute approximate surface area is 171 Å². The molecule has 0 aliphatic heterocycles. The third kappa shape index (κ3) is 3.28. The van der Waals surface area contributed by atoms with Gasteiger partial charge >= 0.3 is 5.69 Å². The van der Waals surface area contributed by atoms with Gasteiger partial charge in [-0.2, -0.15) is 5.10 Å². The normalized spacial score (nSPS) is 11.5. The second-order valence-corrected chi connectivity index (χ2v) is 7.30. The number of nitrogens with one attached hydrogen (secondary N) is 1. The van der Waals surface area contributed by atoms with Crippen LogP contribution in [0.3, 0.4) is 0 Å². The van der Waals surface area contributed by atoms with Gasteiger partial charge in [0.25, 0.3) is 5.56 Å². The zero-order chi connectivity index (χ0) is 21.4. The summed E-state index contributed by atoms with van der Waals surface area (Å²) < 4.78 is 4.25. The molecule has 9 nitrogen and oxygen atoms in total. The molecule has 1 amide bonds. The van der Waals surface area contributed by atoms with Gasteiger partial charge in [0.2, 0.25) is 5.91 Å². The van der Waals surface area contributed by atoms with Gasteiger partial charge in [-0.3, -0.25) is 18.7 Å². The summed E-state index contributed by atoms with van der Waals surface area (Å²) in [7, 11) is 0. The fourth-order valence-electron chi connectivity index (χ4n) is 3.53. The summed E-state index contributed by atoms with van der Waals surface area (Å²) >= 11 is 0. The topological polar surface area (TPSA) is 104 Å². The maximum Gasteiger partial charge on any atom is 0.331 e. The lowest BCUT2D eigenvalue weighted by Gasteiger charge is -2.13. The summed E-state index contributed by atoms with van der Waals surface area (Å²) in [4.78, 5) is 42.4. The summed E-state index contributed by atoms with van der Waals surface area (Å²) in [6, 6.07) is 8.75. The average molecular weight is 406 g/mol. The largest absolute Gasteiger partial charge is 0.331 e. The lowest BCUT2D eigenvalue weighted by atomic mass is 10.2. The Balaban J connectivity index is 1.66. The molecule has 1 aromatic carbocycles. The molecule has 4 rings (SSSR count). The van der Waals surface area contributed by atoms with Gasteiger partial charge in [-0.15, -0.1) is 0 Å². The van der Waals surface area contributed by atoms with Crippen molar-refractivity contribution >= 4 is 33.5 Å². The van der Waals surface area contributed by atoms with Crippen molar-refractivity contribution in [2.75, 3.05) is 5.32 Å². The number of hydrogen-bond acceptors (Lipinski definition) is 5. The molecule has 0 saturated heterocycles. The number of fused-ring (bicyclic) bond motifs is 2. The van der Waals surface area contributed by atoms with Gasteiger partial charge in [0.15, 0.2) is 5.65 Å². The van der Waals surface area contributed by atoms with Crippen LogP contribution in [-0.4, -0.2) is 29.8 Å². The first kappa shape index (κ1) is 19.6. The van der Waals surface area contributed by atoms with Gasteiger partial charge < -0.3 is 5.32 Å². The van der Waals surface area contributed by atoms with E-state index in [9.17, 15) is 14.4 Å². The van der Waals surface area contributed by atoms with Crippen molar-refractivity contribution in [2.24, 2.45) is 0 Å². The fraction of sp³-hybridized carbons (Fsp3) is 0.286. The first-order valence-electron chi connectivity index (χ1n) is 9.76. The molecule has 0 aliphatic rings. The second kappa shape index (κ2) is 7.58. The van der Waals surface area contributed by atoms with Crippen molar-refractivity contribution in [3.63, 3.8) is 0 Å².